The molecular formula is C39H40IN2+. The van der Waals surface area contributed by atoms with E-state index in [1.165, 1.54) is 74.7 Å². The highest BCUT2D eigenvalue weighted by Gasteiger charge is 2.44. The molecule has 0 unspecified atom stereocenters. The van der Waals surface area contributed by atoms with E-state index in [-0.39, 0.29) is 31.6 Å². The summed E-state index contributed by atoms with van der Waals surface area (Å²) in [5, 5.41) is 5.40. The summed E-state index contributed by atoms with van der Waals surface area (Å²) in [5.74, 6) is 0. The second-order valence-corrected chi connectivity index (χ2v) is 16.3. The predicted octanol–water partition coefficient (Wildman–Crippen LogP) is 10.1. The number of nitrogens with zero attached hydrogens (tertiary/aromatic N) is 2. The Morgan fingerprint density at radius 1 is 0.738 bits per heavy atom. The van der Waals surface area contributed by atoms with Crippen LogP contribution in [0.2, 0.25) is 0 Å². The molecule has 0 amide bonds. The van der Waals surface area contributed by atoms with E-state index in [9.17, 15) is 0 Å². The molecule has 0 bridgehead atoms. The lowest BCUT2D eigenvalue weighted by molar-refractivity contribution is -0.401. The van der Waals surface area contributed by atoms with Gasteiger partial charge >= 0.3 is 0 Å². The Morgan fingerprint density at radius 3 is 2.14 bits per heavy atom. The second kappa shape index (κ2) is 10.2. The van der Waals surface area contributed by atoms with E-state index >= 15 is 0 Å². The molecule has 0 saturated heterocycles. The summed E-state index contributed by atoms with van der Waals surface area (Å²) in [6, 6.07) is 26.8. The molecular weight excluding hydrogens is 623 g/mol. The molecule has 7 rings (SSSR count). The lowest BCUT2D eigenvalue weighted by Gasteiger charge is -2.24. The molecule has 0 fully saturated rings. The van der Waals surface area contributed by atoms with Crippen molar-refractivity contribution in [3.8, 4) is 0 Å². The zero-order valence-corrected chi connectivity index (χ0v) is 27.8. The van der Waals surface area contributed by atoms with Crippen LogP contribution in [0.1, 0.15) is 58.1 Å². The predicted molar refractivity (Wildman–Crippen MR) is 191 cm³/mol. The SMILES string of the molecule is CN1/C(=C/C=C2\CCCC(/C=C/C3=[N+](C)c4ccc5ccccc5c4C3(C)C)=I2)C(C)(C)c2c1ccc1ccccc21. The fourth-order valence-electron chi connectivity index (χ4n) is 7.63. The molecule has 0 aliphatic carbocycles. The first kappa shape index (κ1) is 27.5. The van der Waals surface area contributed by atoms with Gasteiger partial charge in [0.25, 0.3) is 0 Å². The van der Waals surface area contributed by atoms with E-state index in [4.69, 9.17) is 0 Å². The third-order valence-corrected chi connectivity index (χ3v) is 12.9. The normalized spacial score (nSPS) is 21.4. The van der Waals surface area contributed by atoms with E-state index in [1.54, 1.807) is 7.09 Å². The largest absolute Gasteiger partial charge is 0.347 e. The number of anilines is 1. The molecule has 2 nitrogen and oxygen atoms in total. The first-order chi connectivity index (χ1) is 20.2. The van der Waals surface area contributed by atoms with Crippen LogP contribution in [0.25, 0.3) is 21.5 Å². The van der Waals surface area contributed by atoms with Gasteiger partial charge in [0, 0.05) is 41.6 Å². The summed E-state index contributed by atoms with van der Waals surface area (Å²) in [6.07, 6.45) is 13.5. The Bertz CT molecular complexity index is 1930. The minimum Gasteiger partial charge on any atom is -0.347 e. The molecule has 0 saturated carbocycles. The number of hydrogen-bond donors (Lipinski definition) is 0. The monoisotopic (exact) mass is 663 g/mol. The second-order valence-electron chi connectivity index (χ2n) is 13.0. The highest BCUT2D eigenvalue weighted by atomic mass is 127. The topological polar surface area (TPSA) is 6.25 Å². The zero-order valence-electron chi connectivity index (χ0n) is 25.6. The van der Waals surface area contributed by atoms with Gasteiger partial charge in [0.1, 0.15) is 7.05 Å². The van der Waals surface area contributed by atoms with E-state index in [1.807, 2.05) is 0 Å². The lowest BCUT2D eigenvalue weighted by Crippen LogP contribution is -2.27. The van der Waals surface area contributed by atoms with Crippen molar-refractivity contribution in [3.63, 3.8) is 0 Å². The molecule has 212 valence electrons. The van der Waals surface area contributed by atoms with Gasteiger partial charge in [-0.3, -0.25) is 0 Å². The number of allylic oxidation sites excluding steroid dienone is 6. The van der Waals surface area contributed by atoms with Crippen LogP contribution in [0.5, 0.6) is 0 Å². The van der Waals surface area contributed by atoms with Crippen LogP contribution in [0.15, 0.2) is 106 Å². The Kier molecular flexibility index (Phi) is 6.65. The summed E-state index contributed by atoms with van der Waals surface area (Å²) in [4.78, 5) is 2.42. The fourth-order valence-corrected chi connectivity index (χ4v) is 10.5. The van der Waals surface area contributed by atoms with Crippen molar-refractivity contribution in [3.05, 3.63) is 118 Å². The van der Waals surface area contributed by atoms with E-state index in [0.717, 1.165) is 0 Å². The van der Waals surface area contributed by atoms with Gasteiger partial charge < -0.3 is 4.90 Å². The van der Waals surface area contributed by atoms with Gasteiger partial charge in [-0.15, -0.1) is 0 Å². The molecule has 3 heteroatoms. The van der Waals surface area contributed by atoms with Crippen molar-refractivity contribution < 1.29 is 4.58 Å². The minimum absolute atomic E-state index is 0.0318. The first-order valence-electron chi connectivity index (χ1n) is 15.2. The van der Waals surface area contributed by atoms with E-state index in [2.05, 4.69) is 148 Å². The molecule has 0 radical (unpaired) electrons. The lowest BCUT2D eigenvalue weighted by atomic mass is 9.79. The number of halogens is 1. The van der Waals surface area contributed by atoms with Crippen LogP contribution in [0, 0.1) is 0 Å². The van der Waals surface area contributed by atoms with Gasteiger partial charge in [-0.1, -0.05) is 95.3 Å². The summed E-state index contributed by atoms with van der Waals surface area (Å²) in [7, 11) is 4.47. The van der Waals surface area contributed by atoms with Gasteiger partial charge in [-0.2, -0.15) is 4.58 Å². The maximum atomic E-state index is 2.47. The molecule has 4 aromatic rings. The molecule has 0 N–H and O–H groups in total. The summed E-state index contributed by atoms with van der Waals surface area (Å²) < 4.78 is 5.71. The quantitative estimate of drug-likeness (QED) is 0.156. The first-order valence-corrected chi connectivity index (χ1v) is 17.3. The summed E-state index contributed by atoms with van der Waals surface area (Å²) in [5.41, 5.74) is 8.31. The highest BCUT2D eigenvalue weighted by Crippen LogP contribution is 2.50. The van der Waals surface area contributed by atoms with E-state index in [0.29, 0.717) is 0 Å². The smallest absolute Gasteiger partial charge is 0.210 e. The summed E-state index contributed by atoms with van der Waals surface area (Å²) in [6.45, 7) is 9.56. The number of rotatable bonds is 3. The number of fused-ring (bicyclic) bond motifs is 6. The third-order valence-electron chi connectivity index (χ3n) is 9.71. The molecule has 0 atom stereocenters. The fraction of sp³-hybridized carbons (Fsp3) is 0.282. The van der Waals surface area contributed by atoms with Crippen molar-refractivity contribution in [1.29, 1.82) is 0 Å². The van der Waals surface area contributed by atoms with Crippen LogP contribution in [-0.4, -0.2) is 27.9 Å². The van der Waals surface area contributed by atoms with Crippen LogP contribution < -0.4 is 4.90 Å². The average molecular weight is 664 g/mol. The van der Waals surface area contributed by atoms with Crippen molar-refractivity contribution >= 4 is 62.9 Å². The Balaban J connectivity index is 1.19. The van der Waals surface area contributed by atoms with Gasteiger partial charge in [0.15, 0.2) is 5.71 Å². The standard InChI is InChI=1S/C39H40IN2/c1-38(2)34(41(5)32-22-18-26-12-7-9-16-30(26)36(32)38)24-20-28-14-11-15-29(40-28)21-25-35-39(3,4)37-31-17-10-8-13-27(31)19-23-33(37)42(35)6/h7-10,12-13,16-25H,11,14-15H2,1-6H3/q+1. The molecule has 0 aromatic heterocycles. The van der Waals surface area contributed by atoms with Crippen molar-refractivity contribution in [2.24, 2.45) is 0 Å². The number of benzene rings is 4. The maximum absolute atomic E-state index is 2.47. The van der Waals surface area contributed by atoms with Gasteiger partial charge in [0.2, 0.25) is 5.69 Å². The van der Waals surface area contributed by atoms with Crippen LogP contribution in [0.4, 0.5) is 11.4 Å². The van der Waals surface area contributed by atoms with Gasteiger partial charge in [-0.25, -0.2) is 0 Å². The molecule has 3 heterocycles. The van der Waals surface area contributed by atoms with Crippen LogP contribution >= 0.6 is 20.7 Å². The van der Waals surface area contributed by atoms with Gasteiger partial charge in [0.05, 0.1) is 5.41 Å². The molecule has 42 heavy (non-hydrogen) atoms. The Labute approximate surface area is 260 Å². The zero-order chi connectivity index (χ0) is 29.2. The van der Waals surface area contributed by atoms with Crippen LogP contribution in [0.3, 0.4) is 0 Å². The molecule has 4 aromatic carbocycles. The van der Waals surface area contributed by atoms with Crippen molar-refractivity contribution in [2.45, 2.75) is 57.8 Å². The molecule has 3 aliphatic heterocycles. The highest BCUT2D eigenvalue weighted by molar-refractivity contribution is 14.2. The number of hydrogen-bond acceptors (Lipinski definition) is 1. The van der Waals surface area contributed by atoms with Gasteiger partial charge in [-0.05, 0) is 91.6 Å². The maximum Gasteiger partial charge on any atom is 0.210 e. The number of likely N-dealkylation sites (N-methyl/N-ethyl adjacent to an activating group) is 1. The average Bonchev–Trinajstić information content (AvgIpc) is 3.32. The van der Waals surface area contributed by atoms with Crippen LogP contribution in [-0.2, 0) is 10.8 Å². The molecule has 3 aliphatic rings. The van der Waals surface area contributed by atoms with Crippen molar-refractivity contribution in [1.82, 2.24) is 0 Å². The minimum atomic E-state index is -0.134. The third kappa shape index (κ3) is 4.26. The summed E-state index contributed by atoms with van der Waals surface area (Å²) >= 11 is -0.134. The molecule has 0 spiro atoms. The van der Waals surface area contributed by atoms with Crippen molar-refractivity contribution in [2.75, 3.05) is 19.0 Å². The van der Waals surface area contributed by atoms with E-state index < -0.39 is 0 Å². The Hall–Kier alpha value is -3.31. The Morgan fingerprint density at radius 2 is 1.40 bits per heavy atom.